The zero-order chi connectivity index (χ0) is 14.2. The summed E-state index contributed by atoms with van der Waals surface area (Å²) in [7, 11) is -3.46. The summed E-state index contributed by atoms with van der Waals surface area (Å²) in [6.45, 7) is 6.67. The van der Waals surface area contributed by atoms with Crippen LogP contribution in [0, 0.1) is 13.8 Å². The van der Waals surface area contributed by atoms with E-state index in [2.05, 4.69) is 6.08 Å². The molecule has 4 nitrogen and oxygen atoms in total. The minimum atomic E-state index is -3.46. The van der Waals surface area contributed by atoms with Gasteiger partial charge < -0.3 is 5.73 Å². The maximum atomic E-state index is 12.7. The van der Waals surface area contributed by atoms with E-state index in [0.29, 0.717) is 23.7 Å². The first-order valence-electron chi connectivity index (χ1n) is 6.35. The quantitative estimate of drug-likeness (QED) is 0.667. The highest BCUT2D eigenvalue weighted by Gasteiger charge is 2.28. The third-order valence-corrected chi connectivity index (χ3v) is 5.53. The maximum Gasteiger partial charge on any atom is 0.243 e. The zero-order valence-electron chi connectivity index (χ0n) is 11.6. The fourth-order valence-corrected chi connectivity index (χ4v) is 4.17. The Hall–Kier alpha value is -1.33. The van der Waals surface area contributed by atoms with Crippen molar-refractivity contribution in [2.75, 3.05) is 18.8 Å². The molecule has 1 heterocycles. The normalized spacial score (nSPS) is 17.3. The molecule has 1 aliphatic heterocycles. The van der Waals surface area contributed by atoms with Crippen LogP contribution in [0.3, 0.4) is 0 Å². The minimum Gasteiger partial charge on any atom is -0.399 e. The highest BCUT2D eigenvalue weighted by molar-refractivity contribution is 7.89. The Morgan fingerprint density at radius 2 is 1.89 bits per heavy atom. The van der Waals surface area contributed by atoms with Gasteiger partial charge in [-0.05, 0) is 50.5 Å². The molecule has 0 saturated heterocycles. The molecule has 0 bridgehead atoms. The van der Waals surface area contributed by atoms with E-state index < -0.39 is 10.0 Å². The molecule has 104 valence electrons. The first kappa shape index (κ1) is 14.1. The van der Waals surface area contributed by atoms with Crippen LogP contribution in [0.4, 0.5) is 5.69 Å². The molecule has 0 amide bonds. The molecule has 2 N–H and O–H groups in total. The predicted octanol–water partition coefficient (Wildman–Crippen LogP) is 2.23. The molecule has 0 atom stereocenters. The SMILES string of the molecule is CC1=CCCN(S(=O)(=O)c2cc(N)cc(C)c2C)C1. The molecule has 19 heavy (non-hydrogen) atoms. The van der Waals surface area contributed by atoms with Gasteiger partial charge in [-0.25, -0.2) is 8.42 Å². The molecule has 0 spiro atoms. The number of rotatable bonds is 2. The summed E-state index contributed by atoms with van der Waals surface area (Å²) >= 11 is 0. The monoisotopic (exact) mass is 280 g/mol. The number of anilines is 1. The second-order valence-electron chi connectivity index (χ2n) is 5.14. The number of hydrogen-bond acceptors (Lipinski definition) is 3. The van der Waals surface area contributed by atoms with Gasteiger partial charge in [0, 0.05) is 18.8 Å². The summed E-state index contributed by atoms with van der Waals surface area (Å²) in [5, 5.41) is 0. The Morgan fingerprint density at radius 3 is 2.53 bits per heavy atom. The van der Waals surface area contributed by atoms with Gasteiger partial charge in [0.05, 0.1) is 4.90 Å². The average molecular weight is 280 g/mol. The summed E-state index contributed by atoms with van der Waals surface area (Å²) in [6, 6.07) is 3.36. The van der Waals surface area contributed by atoms with E-state index in [-0.39, 0.29) is 0 Å². The smallest absolute Gasteiger partial charge is 0.243 e. The molecule has 0 fully saturated rings. The topological polar surface area (TPSA) is 63.4 Å². The molecule has 0 unspecified atom stereocenters. The van der Waals surface area contributed by atoms with Crippen molar-refractivity contribution in [3.63, 3.8) is 0 Å². The van der Waals surface area contributed by atoms with Crippen molar-refractivity contribution in [1.82, 2.24) is 4.31 Å². The van der Waals surface area contributed by atoms with E-state index in [1.54, 1.807) is 12.1 Å². The summed E-state index contributed by atoms with van der Waals surface area (Å²) < 4.78 is 26.9. The summed E-state index contributed by atoms with van der Waals surface area (Å²) in [4.78, 5) is 0.333. The predicted molar refractivity (Wildman–Crippen MR) is 77.5 cm³/mol. The number of nitrogens with zero attached hydrogens (tertiary/aromatic N) is 1. The van der Waals surface area contributed by atoms with Gasteiger partial charge in [-0.2, -0.15) is 4.31 Å². The molecule has 5 heteroatoms. The molecular weight excluding hydrogens is 260 g/mol. The highest BCUT2D eigenvalue weighted by Crippen LogP contribution is 2.27. The van der Waals surface area contributed by atoms with Crippen LogP contribution in [0.5, 0.6) is 0 Å². The second-order valence-corrected chi connectivity index (χ2v) is 7.05. The van der Waals surface area contributed by atoms with E-state index >= 15 is 0 Å². The van der Waals surface area contributed by atoms with Crippen molar-refractivity contribution >= 4 is 15.7 Å². The zero-order valence-corrected chi connectivity index (χ0v) is 12.4. The summed E-state index contributed by atoms with van der Waals surface area (Å²) in [5.41, 5.74) is 9.05. The first-order valence-corrected chi connectivity index (χ1v) is 7.79. The van der Waals surface area contributed by atoms with E-state index in [0.717, 1.165) is 23.1 Å². The molecule has 0 saturated carbocycles. The maximum absolute atomic E-state index is 12.7. The van der Waals surface area contributed by atoms with Crippen LogP contribution in [0.25, 0.3) is 0 Å². The van der Waals surface area contributed by atoms with Gasteiger partial charge in [-0.3, -0.25) is 0 Å². The van der Waals surface area contributed by atoms with Crippen LogP contribution in [0.1, 0.15) is 24.5 Å². The van der Waals surface area contributed by atoms with Crippen LogP contribution in [-0.2, 0) is 10.0 Å². The molecular formula is C14H20N2O2S. The van der Waals surface area contributed by atoms with Gasteiger partial charge in [0.2, 0.25) is 10.0 Å². The van der Waals surface area contributed by atoms with Gasteiger partial charge in [0.1, 0.15) is 0 Å². The molecule has 0 aliphatic carbocycles. The fraction of sp³-hybridized carbons (Fsp3) is 0.429. The summed E-state index contributed by atoms with van der Waals surface area (Å²) in [5.74, 6) is 0. The summed E-state index contributed by atoms with van der Waals surface area (Å²) in [6.07, 6.45) is 2.86. The number of aryl methyl sites for hydroxylation is 1. The lowest BCUT2D eigenvalue weighted by Crippen LogP contribution is -2.35. The van der Waals surface area contributed by atoms with Gasteiger partial charge >= 0.3 is 0 Å². The van der Waals surface area contributed by atoms with Crippen molar-refractivity contribution < 1.29 is 8.42 Å². The molecule has 1 aromatic rings. The Morgan fingerprint density at radius 1 is 1.21 bits per heavy atom. The lowest BCUT2D eigenvalue weighted by Gasteiger charge is -2.26. The van der Waals surface area contributed by atoms with Crippen molar-refractivity contribution in [1.29, 1.82) is 0 Å². The van der Waals surface area contributed by atoms with Gasteiger partial charge in [-0.15, -0.1) is 0 Å². The van der Waals surface area contributed by atoms with Gasteiger partial charge in [0.15, 0.2) is 0 Å². The van der Waals surface area contributed by atoms with Crippen molar-refractivity contribution in [3.8, 4) is 0 Å². The van der Waals surface area contributed by atoms with E-state index in [4.69, 9.17) is 5.73 Å². The lowest BCUT2D eigenvalue weighted by atomic mass is 10.1. The van der Waals surface area contributed by atoms with Crippen LogP contribution >= 0.6 is 0 Å². The molecule has 0 aromatic heterocycles. The largest absolute Gasteiger partial charge is 0.399 e. The Bertz CT molecular complexity index is 633. The average Bonchev–Trinajstić information content (AvgIpc) is 2.33. The van der Waals surface area contributed by atoms with Crippen molar-refractivity contribution in [2.45, 2.75) is 32.1 Å². The van der Waals surface area contributed by atoms with Gasteiger partial charge in [0.25, 0.3) is 0 Å². The lowest BCUT2D eigenvalue weighted by molar-refractivity contribution is 0.427. The van der Waals surface area contributed by atoms with Crippen LogP contribution in [0.15, 0.2) is 28.7 Å². The van der Waals surface area contributed by atoms with E-state index in [9.17, 15) is 8.42 Å². The van der Waals surface area contributed by atoms with Crippen LogP contribution in [0.2, 0.25) is 0 Å². The van der Waals surface area contributed by atoms with Crippen LogP contribution < -0.4 is 5.73 Å². The number of benzene rings is 1. The first-order chi connectivity index (χ1) is 8.82. The third kappa shape index (κ3) is 2.67. The number of sulfonamides is 1. The van der Waals surface area contributed by atoms with E-state index in [1.807, 2.05) is 20.8 Å². The Labute approximate surface area is 115 Å². The highest BCUT2D eigenvalue weighted by atomic mass is 32.2. The second kappa shape index (κ2) is 4.98. The van der Waals surface area contributed by atoms with E-state index in [1.165, 1.54) is 4.31 Å². The molecule has 2 rings (SSSR count). The third-order valence-electron chi connectivity index (χ3n) is 3.56. The number of nitrogen functional groups attached to an aromatic ring is 1. The molecule has 1 aliphatic rings. The fourth-order valence-electron chi connectivity index (χ4n) is 2.34. The number of nitrogens with two attached hydrogens (primary N) is 1. The molecule has 1 aromatic carbocycles. The van der Waals surface area contributed by atoms with Crippen molar-refractivity contribution in [2.24, 2.45) is 0 Å². The Kier molecular flexibility index (Phi) is 3.69. The van der Waals surface area contributed by atoms with Crippen LogP contribution in [-0.4, -0.2) is 25.8 Å². The minimum absolute atomic E-state index is 0.333. The van der Waals surface area contributed by atoms with Gasteiger partial charge in [-0.1, -0.05) is 11.6 Å². The standard InChI is InChI=1S/C14H20N2O2S/c1-10-5-4-6-16(9-10)19(17,18)14-8-13(15)7-11(2)12(14)3/h5,7-8H,4,6,9,15H2,1-3H3. The molecule has 0 radical (unpaired) electrons. The number of hydrogen-bond donors (Lipinski definition) is 1. The Balaban J connectivity index is 2.48. The van der Waals surface area contributed by atoms with Crippen molar-refractivity contribution in [3.05, 3.63) is 34.9 Å².